The van der Waals surface area contributed by atoms with Crippen molar-refractivity contribution in [3.05, 3.63) is 45.7 Å². The molecule has 8 nitrogen and oxygen atoms in total. The van der Waals surface area contributed by atoms with Crippen LogP contribution in [0.25, 0.3) is 11.4 Å². The molecule has 190 valence electrons. The molecule has 3 rings (SSSR count). The summed E-state index contributed by atoms with van der Waals surface area (Å²) in [6.07, 6.45) is -7.05. The van der Waals surface area contributed by atoms with Crippen LogP contribution in [0.1, 0.15) is 48.2 Å². The van der Waals surface area contributed by atoms with Gasteiger partial charge in [-0.1, -0.05) is 11.6 Å². The van der Waals surface area contributed by atoms with Gasteiger partial charge in [-0.15, -0.1) is 0 Å². The smallest absolute Gasteiger partial charge is 0.425 e. The minimum Gasteiger partial charge on any atom is -0.480 e. The number of halogens is 5. The number of alkyl halides is 3. The molecular weight excluding hydrogens is 494 g/mol. The Hall–Kier alpha value is -3.12. The van der Waals surface area contributed by atoms with E-state index in [1.54, 1.807) is 20.9 Å². The topological polar surface area (TPSA) is 105 Å². The van der Waals surface area contributed by atoms with Crippen molar-refractivity contribution < 1.29 is 32.2 Å². The van der Waals surface area contributed by atoms with Gasteiger partial charge >= 0.3 is 6.18 Å². The summed E-state index contributed by atoms with van der Waals surface area (Å²) in [5, 5.41) is 19.0. The van der Waals surface area contributed by atoms with Crippen LogP contribution in [0.3, 0.4) is 0 Å². The van der Waals surface area contributed by atoms with Crippen LogP contribution < -0.4 is 10.1 Å². The number of aliphatic hydroxyl groups is 1. The van der Waals surface area contributed by atoms with Gasteiger partial charge in [-0.05, 0) is 46.8 Å². The quantitative estimate of drug-likeness (QED) is 0.398. The summed E-state index contributed by atoms with van der Waals surface area (Å²) >= 11 is 5.93. The highest BCUT2D eigenvalue weighted by molar-refractivity contribution is 6.33. The van der Waals surface area contributed by atoms with Gasteiger partial charge in [0.05, 0.1) is 22.5 Å². The molecule has 0 bridgehead atoms. The van der Waals surface area contributed by atoms with Gasteiger partial charge in [0.25, 0.3) is 5.91 Å². The Morgan fingerprint density at radius 1 is 1.29 bits per heavy atom. The maximum Gasteiger partial charge on any atom is 0.425 e. The number of nitrogens with one attached hydrogen (secondary N) is 2. The second-order valence-corrected chi connectivity index (χ2v) is 8.94. The van der Waals surface area contributed by atoms with Gasteiger partial charge in [-0.2, -0.15) is 18.3 Å². The van der Waals surface area contributed by atoms with Crippen LogP contribution in [-0.4, -0.2) is 43.0 Å². The van der Waals surface area contributed by atoms with E-state index in [1.165, 1.54) is 18.4 Å². The van der Waals surface area contributed by atoms with Gasteiger partial charge < -0.3 is 19.7 Å². The first-order valence-corrected chi connectivity index (χ1v) is 10.8. The van der Waals surface area contributed by atoms with Crippen LogP contribution in [0.5, 0.6) is 5.75 Å². The number of ether oxygens (including phenoxy) is 1. The monoisotopic (exact) mass is 517 g/mol. The average molecular weight is 518 g/mol. The third-order valence-corrected chi connectivity index (χ3v) is 5.70. The van der Waals surface area contributed by atoms with E-state index in [0.29, 0.717) is 11.4 Å². The van der Waals surface area contributed by atoms with Crippen molar-refractivity contribution >= 4 is 23.2 Å². The number of carbonyl (C=O) groups excluding carboxylic acids is 1. The van der Waals surface area contributed by atoms with Crippen LogP contribution in [0.15, 0.2) is 12.1 Å². The van der Waals surface area contributed by atoms with Gasteiger partial charge in [0.15, 0.2) is 11.3 Å². The molecule has 3 N–H and O–H groups in total. The number of hydrogen-bond acceptors (Lipinski definition) is 5. The molecule has 0 saturated carbocycles. The molecule has 0 fully saturated rings. The number of rotatable bonds is 6. The normalized spacial score (nSPS) is 13.1. The number of amides is 1. The number of H-pyrrole nitrogens is 1. The number of anilines is 1. The third kappa shape index (κ3) is 5.27. The lowest BCUT2D eigenvalue weighted by Gasteiger charge is -2.20. The van der Waals surface area contributed by atoms with E-state index in [4.69, 9.17) is 16.3 Å². The van der Waals surface area contributed by atoms with E-state index in [-0.39, 0.29) is 27.9 Å². The summed E-state index contributed by atoms with van der Waals surface area (Å²) < 4.78 is 61.6. The minimum absolute atomic E-state index is 0.0299. The van der Waals surface area contributed by atoms with E-state index in [9.17, 15) is 23.1 Å². The standard InChI is InChI=1S/C22H24ClF4N5O3/c1-9-16(18(23)31-30-9)28-20(33)13-7-14(24)12(8-15(13)35-11(3)22(25,26)27)19-29-17(21(4,5)34)10(2)32(19)6/h7-8,11,34H,1-6H3,(H,28,33)(H,30,31). The van der Waals surface area contributed by atoms with Crippen LogP contribution in [0, 0.1) is 19.7 Å². The Morgan fingerprint density at radius 2 is 1.91 bits per heavy atom. The van der Waals surface area contributed by atoms with Gasteiger partial charge in [0.1, 0.15) is 28.7 Å². The second kappa shape index (κ2) is 9.15. The molecule has 13 heteroatoms. The summed E-state index contributed by atoms with van der Waals surface area (Å²) in [5.41, 5.74) is -0.823. The number of nitrogens with zero attached hydrogens (tertiary/aromatic N) is 3. The van der Waals surface area contributed by atoms with Gasteiger partial charge in [-0.25, -0.2) is 9.37 Å². The first kappa shape index (κ1) is 26.5. The van der Waals surface area contributed by atoms with Crippen molar-refractivity contribution in [2.45, 2.75) is 52.5 Å². The molecular formula is C22H24ClF4N5O3. The van der Waals surface area contributed by atoms with E-state index < -0.39 is 40.9 Å². The number of imidazole rings is 1. The molecule has 0 saturated heterocycles. The zero-order chi connectivity index (χ0) is 26.5. The van der Waals surface area contributed by atoms with Gasteiger partial charge in [0.2, 0.25) is 0 Å². The predicted molar refractivity (Wildman–Crippen MR) is 121 cm³/mol. The number of aromatic nitrogens is 4. The first-order chi connectivity index (χ1) is 16.0. The first-order valence-electron chi connectivity index (χ1n) is 10.4. The van der Waals surface area contributed by atoms with Crippen LogP contribution >= 0.6 is 11.6 Å². The fourth-order valence-electron chi connectivity index (χ4n) is 3.38. The lowest BCUT2D eigenvalue weighted by Crippen LogP contribution is -2.32. The Labute approximate surface area is 203 Å². The molecule has 2 aromatic heterocycles. The number of carbonyl (C=O) groups is 1. The van der Waals surface area contributed by atoms with E-state index >= 15 is 4.39 Å². The fraction of sp³-hybridized carbons (Fsp3) is 0.409. The zero-order valence-corrected chi connectivity index (χ0v) is 20.5. The number of benzene rings is 1. The van der Waals surface area contributed by atoms with Crippen molar-refractivity contribution in [1.29, 1.82) is 0 Å². The molecule has 0 aliphatic carbocycles. The molecule has 0 aliphatic rings. The predicted octanol–water partition coefficient (Wildman–Crippen LogP) is 5.03. The number of aryl methyl sites for hydroxylation is 1. The zero-order valence-electron chi connectivity index (χ0n) is 19.7. The summed E-state index contributed by atoms with van der Waals surface area (Å²) in [5.74, 6) is -2.39. The molecule has 1 aromatic carbocycles. The summed E-state index contributed by atoms with van der Waals surface area (Å²) in [6, 6.07) is 1.74. The SMILES string of the molecule is Cc1[nH]nc(Cl)c1NC(=O)c1cc(F)c(-c2nc(C(C)(C)O)c(C)n2C)cc1OC(C)C(F)(F)F. The molecule has 1 unspecified atom stereocenters. The molecule has 0 spiro atoms. The molecule has 0 radical (unpaired) electrons. The highest BCUT2D eigenvalue weighted by atomic mass is 35.5. The van der Waals surface area contributed by atoms with Gasteiger partial charge in [0, 0.05) is 12.7 Å². The molecule has 2 heterocycles. The van der Waals surface area contributed by atoms with Gasteiger partial charge in [-0.3, -0.25) is 9.89 Å². The highest BCUT2D eigenvalue weighted by Crippen LogP contribution is 2.36. The Balaban J connectivity index is 2.16. The summed E-state index contributed by atoms with van der Waals surface area (Å²) in [6.45, 7) is 6.98. The number of hydrogen-bond donors (Lipinski definition) is 3. The van der Waals surface area contributed by atoms with Crippen molar-refractivity contribution in [3.8, 4) is 17.1 Å². The van der Waals surface area contributed by atoms with Crippen LogP contribution in [0.2, 0.25) is 5.15 Å². The average Bonchev–Trinajstić information content (AvgIpc) is 3.21. The van der Waals surface area contributed by atoms with Crippen molar-refractivity contribution in [2.24, 2.45) is 7.05 Å². The maximum absolute atomic E-state index is 15.3. The Kier molecular flexibility index (Phi) is 6.93. The van der Waals surface area contributed by atoms with Crippen molar-refractivity contribution in [1.82, 2.24) is 19.7 Å². The van der Waals surface area contributed by atoms with E-state index in [1.807, 2.05) is 0 Å². The third-order valence-electron chi connectivity index (χ3n) is 5.42. The van der Waals surface area contributed by atoms with Crippen molar-refractivity contribution in [2.75, 3.05) is 5.32 Å². The Bertz CT molecular complexity index is 1260. The highest BCUT2D eigenvalue weighted by Gasteiger charge is 2.39. The van der Waals surface area contributed by atoms with Crippen molar-refractivity contribution in [3.63, 3.8) is 0 Å². The van der Waals surface area contributed by atoms with E-state index in [2.05, 4.69) is 20.5 Å². The molecule has 1 amide bonds. The summed E-state index contributed by atoms with van der Waals surface area (Å²) in [7, 11) is 1.56. The molecule has 3 aromatic rings. The lowest BCUT2D eigenvalue weighted by molar-refractivity contribution is -0.189. The molecule has 1 atom stereocenters. The minimum atomic E-state index is -4.75. The number of aromatic amines is 1. The van der Waals surface area contributed by atoms with Crippen LogP contribution in [0.4, 0.5) is 23.2 Å². The molecule has 0 aliphatic heterocycles. The van der Waals surface area contributed by atoms with Crippen LogP contribution in [-0.2, 0) is 12.6 Å². The van der Waals surface area contributed by atoms with E-state index in [0.717, 1.165) is 19.1 Å². The lowest BCUT2D eigenvalue weighted by atomic mass is 10.0. The maximum atomic E-state index is 15.3. The fourth-order valence-corrected chi connectivity index (χ4v) is 3.61. The second-order valence-electron chi connectivity index (χ2n) is 8.59. The summed E-state index contributed by atoms with van der Waals surface area (Å²) in [4.78, 5) is 17.2. The largest absolute Gasteiger partial charge is 0.480 e. The Morgan fingerprint density at radius 3 is 2.40 bits per heavy atom. The molecule has 35 heavy (non-hydrogen) atoms.